The Bertz CT molecular complexity index is 535. The van der Waals surface area contributed by atoms with Crippen molar-refractivity contribution < 1.29 is 13.2 Å². The first-order valence-electron chi connectivity index (χ1n) is 5.59. The van der Waals surface area contributed by atoms with Gasteiger partial charge in [0.05, 0.1) is 5.25 Å². The summed E-state index contributed by atoms with van der Waals surface area (Å²) >= 11 is 0. The van der Waals surface area contributed by atoms with Crippen LogP contribution in [0.1, 0.15) is 42.5 Å². The highest BCUT2D eigenvalue weighted by atomic mass is 32.2. The molecule has 0 bridgehead atoms. The maximum atomic E-state index is 11.7. The van der Waals surface area contributed by atoms with Crippen molar-refractivity contribution in [1.82, 2.24) is 9.97 Å². The number of aromatic nitrogens is 2. The fourth-order valence-electron chi connectivity index (χ4n) is 1.53. The lowest BCUT2D eigenvalue weighted by Crippen LogP contribution is -2.13. The molecule has 1 heterocycles. The third-order valence-electron chi connectivity index (χ3n) is 2.67. The van der Waals surface area contributed by atoms with E-state index in [2.05, 4.69) is 9.97 Å². The Kier molecular flexibility index (Phi) is 3.24. The number of ketones is 1. The summed E-state index contributed by atoms with van der Waals surface area (Å²) in [5, 5.41) is -0.225. The minimum Gasteiger partial charge on any atom is -0.292 e. The summed E-state index contributed by atoms with van der Waals surface area (Å²) in [5.74, 6) is -0.0450. The average Bonchev–Trinajstić information content (AvgIpc) is 3.11. The molecule has 0 spiro atoms. The fraction of sp³-hybridized carbons (Fsp3) is 0.545. The molecule has 1 aliphatic carbocycles. The number of hydrogen-bond acceptors (Lipinski definition) is 5. The number of carbonyl (C=O) groups is 1. The van der Waals surface area contributed by atoms with Crippen molar-refractivity contribution in [2.45, 2.75) is 37.2 Å². The molecule has 0 N–H and O–H groups in total. The van der Waals surface area contributed by atoms with Gasteiger partial charge in [-0.05, 0) is 18.9 Å². The third-order valence-corrected chi connectivity index (χ3v) is 4.82. The van der Waals surface area contributed by atoms with E-state index in [4.69, 9.17) is 0 Å². The van der Waals surface area contributed by atoms with Crippen molar-refractivity contribution in [2.75, 3.05) is 0 Å². The highest BCUT2D eigenvalue weighted by Crippen LogP contribution is 2.30. The van der Waals surface area contributed by atoms with Crippen molar-refractivity contribution in [1.29, 1.82) is 0 Å². The zero-order chi connectivity index (χ0) is 12.5. The smallest absolute Gasteiger partial charge is 0.181 e. The molecular formula is C11H14N2O3S. The molecule has 1 aromatic heterocycles. The van der Waals surface area contributed by atoms with Gasteiger partial charge < -0.3 is 0 Å². The maximum absolute atomic E-state index is 11.7. The summed E-state index contributed by atoms with van der Waals surface area (Å²) in [6.07, 6.45) is 3.26. The number of hydrogen-bond donors (Lipinski definition) is 0. The van der Waals surface area contributed by atoms with Crippen molar-refractivity contribution in [3.8, 4) is 0 Å². The van der Waals surface area contributed by atoms with E-state index >= 15 is 0 Å². The molecule has 0 aliphatic heterocycles. The van der Waals surface area contributed by atoms with Gasteiger partial charge in [0, 0.05) is 12.6 Å². The normalized spacial score (nSPS) is 15.8. The van der Waals surface area contributed by atoms with Crippen molar-refractivity contribution in [3.63, 3.8) is 0 Å². The van der Waals surface area contributed by atoms with Crippen LogP contribution in [0, 0.1) is 0 Å². The van der Waals surface area contributed by atoms with Gasteiger partial charge in [0.25, 0.3) is 0 Å². The Morgan fingerprint density at radius 1 is 1.47 bits per heavy atom. The molecule has 5 nitrogen and oxygen atoms in total. The van der Waals surface area contributed by atoms with Crippen LogP contribution in [0.2, 0.25) is 0 Å². The molecule has 1 fully saturated rings. The van der Waals surface area contributed by atoms with Crippen LogP contribution < -0.4 is 0 Å². The lowest BCUT2D eigenvalue weighted by atomic mass is 10.2. The van der Waals surface area contributed by atoms with Gasteiger partial charge in [-0.2, -0.15) is 0 Å². The van der Waals surface area contributed by atoms with Crippen LogP contribution in [0.5, 0.6) is 0 Å². The molecule has 0 saturated heterocycles. The monoisotopic (exact) mass is 254 g/mol. The van der Waals surface area contributed by atoms with Gasteiger partial charge in [-0.15, -0.1) is 0 Å². The van der Waals surface area contributed by atoms with E-state index in [1.54, 1.807) is 6.92 Å². The lowest BCUT2D eigenvalue weighted by Gasteiger charge is -2.03. The van der Waals surface area contributed by atoms with Gasteiger partial charge in [-0.1, -0.05) is 6.92 Å². The molecule has 0 radical (unpaired) electrons. The van der Waals surface area contributed by atoms with E-state index in [0.717, 1.165) is 12.8 Å². The molecule has 6 heteroatoms. The standard InChI is InChI=1S/C11H14N2O3S/c1-2-10(14)9-5-6-12-11(13-9)7-17(15,16)8-3-4-8/h5-6,8H,2-4,7H2,1H3. The number of nitrogens with zero attached hydrogens (tertiary/aromatic N) is 2. The van der Waals surface area contributed by atoms with Gasteiger partial charge in [0.15, 0.2) is 15.6 Å². The molecule has 1 aromatic rings. The van der Waals surface area contributed by atoms with Crippen LogP contribution in [0.4, 0.5) is 0 Å². The summed E-state index contributed by atoms with van der Waals surface area (Å²) in [6.45, 7) is 1.74. The summed E-state index contributed by atoms with van der Waals surface area (Å²) < 4.78 is 23.5. The van der Waals surface area contributed by atoms with Gasteiger partial charge in [-0.3, -0.25) is 4.79 Å². The van der Waals surface area contributed by atoms with Crippen LogP contribution >= 0.6 is 0 Å². The first kappa shape index (κ1) is 12.2. The molecule has 17 heavy (non-hydrogen) atoms. The van der Waals surface area contributed by atoms with Gasteiger partial charge in [0.2, 0.25) is 0 Å². The maximum Gasteiger partial charge on any atom is 0.181 e. The predicted molar refractivity (Wildman–Crippen MR) is 62.3 cm³/mol. The van der Waals surface area contributed by atoms with Crippen LogP contribution in [0.25, 0.3) is 0 Å². The first-order chi connectivity index (χ1) is 8.03. The second-order valence-electron chi connectivity index (χ2n) is 4.14. The van der Waals surface area contributed by atoms with Gasteiger partial charge >= 0.3 is 0 Å². The molecule has 1 saturated carbocycles. The number of carbonyl (C=O) groups excluding carboxylic acids is 1. The Labute approximate surface area is 100 Å². The van der Waals surface area contributed by atoms with E-state index in [1.165, 1.54) is 12.3 Å². The van der Waals surface area contributed by atoms with E-state index in [9.17, 15) is 13.2 Å². The summed E-state index contributed by atoms with van der Waals surface area (Å²) in [7, 11) is -3.13. The quantitative estimate of drug-likeness (QED) is 0.736. The number of Topliss-reactive ketones (excluding diaryl/α,β-unsaturated/α-hetero) is 1. The SMILES string of the molecule is CCC(=O)c1ccnc(CS(=O)(=O)C2CC2)n1. The first-order valence-corrected chi connectivity index (χ1v) is 7.31. The zero-order valence-electron chi connectivity index (χ0n) is 9.59. The molecule has 0 unspecified atom stereocenters. The van der Waals surface area contributed by atoms with E-state index < -0.39 is 9.84 Å². The van der Waals surface area contributed by atoms with Crippen molar-refractivity contribution in [3.05, 3.63) is 23.8 Å². The molecule has 0 aromatic carbocycles. The molecule has 0 amide bonds. The summed E-state index contributed by atoms with van der Waals surface area (Å²) in [6, 6.07) is 1.51. The molecule has 1 aliphatic rings. The summed E-state index contributed by atoms with van der Waals surface area (Å²) in [4.78, 5) is 19.3. The van der Waals surface area contributed by atoms with Crippen LogP contribution in [-0.2, 0) is 15.6 Å². The van der Waals surface area contributed by atoms with Crippen molar-refractivity contribution in [2.24, 2.45) is 0 Å². The van der Waals surface area contributed by atoms with E-state index in [1.807, 2.05) is 0 Å². The number of rotatable bonds is 5. The number of sulfone groups is 1. The van der Waals surface area contributed by atoms with Crippen LogP contribution in [0.15, 0.2) is 12.3 Å². The molecule has 0 atom stereocenters. The predicted octanol–water partition coefficient (Wildman–Crippen LogP) is 1.15. The highest BCUT2D eigenvalue weighted by molar-refractivity contribution is 7.91. The van der Waals surface area contributed by atoms with Gasteiger partial charge in [-0.25, -0.2) is 18.4 Å². The van der Waals surface area contributed by atoms with Crippen LogP contribution in [0.3, 0.4) is 0 Å². The molecular weight excluding hydrogens is 240 g/mol. The average molecular weight is 254 g/mol. The lowest BCUT2D eigenvalue weighted by molar-refractivity contribution is 0.0983. The second kappa shape index (κ2) is 4.52. The van der Waals surface area contributed by atoms with E-state index in [-0.39, 0.29) is 22.6 Å². The highest BCUT2D eigenvalue weighted by Gasteiger charge is 2.36. The van der Waals surface area contributed by atoms with Crippen LogP contribution in [-0.4, -0.2) is 29.4 Å². The summed E-state index contributed by atoms with van der Waals surface area (Å²) in [5.41, 5.74) is 0.295. The largest absolute Gasteiger partial charge is 0.292 e. The Morgan fingerprint density at radius 3 is 2.76 bits per heavy atom. The molecule has 2 rings (SSSR count). The minimum atomic E-state index is -3.13. The van der Waals surface area contributed by atoms with E-state index in [0.29, 0.717) is 12.1 Å². The third kappa shape index (κ3) is 2.88. The molecule has 92 valence electrons. The fourth-order valence-corrected chi connectivity index (χ4v) is 3.12. The Morgan fingerprint density at radius 2 is 2.18 bits per heavy atom. The Balaban J connectivity index is 2.19. The van der Waals surface area contributed by atoms with Gasteiger partial charge in [0.1, 0.15) is 17.3 Å². The van der Waals surface area contributed by atoms with Crippen molar-refractivity contribution >= 4 is 15.6 Å². The zero-order valence-corrected chi connectivity index (χ0v) is 10.4. The topological polar surface area (TPSA) is 77.0 Å². The Hall–Kier alpha value is -1.30. The minimum absolute atomic E-state index is 0.0996. The second-order valence-corrected chi connectivity index (χ2v) is 6.42.